The van der Waals surface area contributed by atoms with Crippen LogP contribution >= 0.6 is 0 Å². The fourth-order valence-corrected chi connectivity index (χ4v) is 1.84. The summed E-state index contributed by atoms with van der Waals surface area (Å²) in [7, 11) is 0. The molecular formula is C12H17N3O2. The van der Waals surface area contributed by atoms with Gasteiger partial charge in [0.25, 0.3) is 5.91 Å². The number of nitrogens with zero attached hydrogens (tertiary/aromatic N) is 1. The molecule has 0 radical (unpaired) electrons. The van der Waals surface area contributed by atoms with E-state index in [0.717, 1.165) is 25.9 Å². The van der Waals surface area contributed by atoms with Crippen molar-refractivity contribution in [1.29, 1.82) is 0 Å². The molecule has 3 N–H and O–H groups in total. The molecule has 1 aliphatic rings. The molecule has 1 saturated heterocycles. The molecule has 2 rings (SSSR count). The zero-order chi connectivity index (χ0) is 12.1. The van der Waals surface area contributed by atoms with Crippen molar-refractivity contribution in [2.75, 3.05) is 18.9 Å². The quantitative estimate of drug-likeness (QED) is 0.818. The fraction of sp³-hybridized carbons (Fsp3) is 0.500. The molecule has 1 aliphatic heterocycles. The number of carbonyl (C=O) groups is 1. The Kier molecular flexibility index (Phi) is 3.93. The molecule has 5 heteroatoms. The van der Waals surface area contributed by atoms with Gasteiger partial charge in [0, 0.05) is 13.2 Å². The maximum atomic E-state index is 11.8. The largest absolute Gasteiger partial charge is 0.384 e. The molecule has 1 amide bonds. The molecule has 92 valence electrons. The van der Waals surface area contributed by atoms with E-state index >= 15 is 0 Å². The van der Waals surface area contributed by atoms with Crippen LogP contribution in [0.25, 0.3) is 0 Å². The van der Waals surface area contributed by atoms with Crippen LogP contribution in [0.3, 0.4) is 0 Å². The van der Waals surface area contributed by atoms with Gasteiger partial charge < -0.3 is 15.8 Å². The van der Waals surface area contributed by atoms with Crippen LogP contribution in [0.4, 0.5) is 5.82 Å². The van der Waals surface area contributed by atoms with Crippen molar-refractivity contribution in [3.05, 3.63) is 23.9 Å². The minimum Gasteiger partial charge on any atom is -0.384 e. The lowest BCUT2D eigenvalue weighted by molar-refractivity contribution is 0.0168. The molecule has 0 bridgehead atoms. The lowest BCUT2D eigenvalue weighted by atomic mass is 10.1. The first-order chi connectivity index (χ1) is 8.25. The van der Waals surface area contributed by atoms with E-state index in [1.165, 1.54) is 0 Å². The first-order valence-corrected chi connectivity index (χ1v) is 5.88. The predicted molar refractivity (Wildman–Crippen MR) is 64.6 cm³/mol. The minimum absolute atomic E-state index is 0.133. The molecule has 0 aliphatic carbocycles. The molecule has 2 heterocycles. The number of aromatic nitrogens is 1. The normalized spacial score (nSPS) is 19.9. The van der Waals surface area contributed by atoms with Gasteiger partial charge in [-0.15, -0.1) is 0 Å². The molecule has 1 unspecified atom stereocenters. The Bertz CT molecular complexity index is 389. The van der Waals surface area contributed by atoms with E-state index in [1.54, 1.807) is 18.2 Å². The first-order valence-electron chi connectivity index (χ1n) is 5.88. The lowest BCUT2D eigenvalue weighted by Crippen LogP contribution is -2.35. The molecule has 0 saturated carbocycles. The number of carbonyl (C=O) groups excluding carboxylic acids is 1. The van der Waals surface area contributed by atoms with Crippen molar-refractivity contribution in [2.45, 2.75) is 25.4 Å². The van der Waals surface area contributed by atoms with E-state index in [2.05, 4.69) is 10.3 Å². The zero-order valence-corrected chi connectivity index (χ0v) is 9.69. The lowest BCUT2D eigenvalue weighted by Gasteiger charge is -2.22. The number of nitrogens with one attached hydrogen (secondary N) is 1. The van der Waals surface area contributed by atoms with Crippen molar-refractivity contribution < 1.29 is 9.53 Å². The highest BCUT2D eigenvalue weighted by molar-refractivity contribution is 5.92. The van der Waals surface area contributed by atoms with E-state index in [9.17, 15) is 4.79 Å². The van der Waals surface area contributed by atoms with Crippen LogP contribution in [0, 0.1) is 0 Å². The monoisotopic (exact) mass is 235 g/mol. The molecule has 5 nitrogen and oxygen atoms in total. The molecule has 1 aromatic heterocycles. The topological polar surface area (TPSA) is 77.2 Å². The highest BCUT2D eigenvalue weighted by atomic mass is 16.5. The molecule has 1 aromatic rings. The third-order valence-electron chi connectivity index (χ3n) is 2.77. The number of amides is 1. The third kappa shape index (κ3) is 3.42. The predicted octanol–water partition coefficient (Wildman–Crippen LogP) is 0.963. The average molecular weight is 235 g/mol. The fourth-order valence-electron chi connectivity index (χ4n) is 1.84. The number of hydrogen-bond acceptors (Lipinski definition) is 4. The number of nitrogen functional groups attached to an aromatic ring is 1. The maximum absolute atomic E-state index is 11.8. The zero-order valence-electron chi connectivity index (χ0n) is 9.69. The number of rotatable bonds is 3. The summed E-state index contributed by atoms with van der Waals surface area (Å²) >= 11 is 0. The van der Waals surface area contributed by atoms with E-state index < -0.39 is 0 Å². The summed E-state index contributed by atoms with van der Waals surface area (Å²) in [5.74, 6) is 0.151. The Morgan fingerprint density at radius 3 is 3.12 bits per heavy atom. The summed E-state index contributed by atoms with van der Waals surface area (Å²) in [4.78, 5) is 15.7. The highest BCUT2D eigenvalue weighted by Crippen LogP contribution is 2.11. The summed E-state index contributed by atoms with van der Waals surface area (Å²) in [6.07, 6.45) is 3.41. The minimum atomic E-state index is -0.202. The maximum Gasteiger partial charge on any atom is 0.270 e. The molecule has 0 spiro atoms. The first kappa shape index (κ1) is 11.9. The molecule has 17 heavy (non-hydrogen) atoms. The second-order valence-electron chi connectivity index (χ2n) is 4.15. The number of ether oxygens (including phenoxy) is 1. The van der Waals surface area contributed by atoms with E-state index in [-0.39, 0.29) is 12.0 Å². The SMILES string of the molecule is Nc1cccc(C(=O)NCC2CCCCO2)n1. The smallest absolute Gasteiger partial charge is 0.270 e. The molecular weight excluding hydrogens is 218 g/mol. The summed E-state index contributed by atoms with van der Waals surface area (Å²) in [5, 5.41) is 2.81. The summed E-state index contributed by atoms with van der Waals surface area (Å²) < 4.78 is 5.53. The van der Waals surface area contributed by atoms with Crippen molar-refractivity contribution in [2.24, 2.45) is 0 Å². The van der Waals surface area contributed by atoms with Crippen LogP contribution in [-0.4, -0.2) is 30.1 Å². The van der Waals surface area contributed by atoms with E-state index in [1.807, 2.05) is 0 Å². The average Bonchev–Trinajstić information content (AvgIpc) is 2.37. The van der Waals surface area contributed by atoms with Crippen LogP contribution < -0.4 is 11.1 Å². The van der Waals surface area contributed by atoms with Crippen molar-refractivity contribution in [1.82, 2.24) is 10.3 Å². The van der Waals surface area contributed by atoms with Crippen LogP contribution in [0.15, 0.2) is 18.2 Å². The Labute approximate surface area is 100 Å². The summed E-state index contributed by atoms with van der Waals surface area (Å²) in [6.45, 7) is 1.33. The second kappa shape index (κ2) is 5.63. The molecule has 1 fully saturated rings. The van der Waals surface area contributed by atoms with Crippen molar-refractivity contribution in [3.8, 4) is 0 Å². The summed E-state index contributed by atoms with van der Waals surface area (Å²) in [6, 6.07) is 5.02. The standard InChI is InChI=1S/C12H17N3O2/c13-11-6-3-5-10(15-11)12(16)14-8-9-4-1-2-7-17-9/h3,5-6,9H,1-2,4,7-8H2,(H2,13,15)(H,14,16). The van der Waals surface area contributed by atoms with Gasteiger partial charge in [0.15, 0.2) is 0 Å². The van der Waals surface area contributed by atoms with Gasteiger partial charge >= 0.3 is 0 Å². The Morgan fingerprint density at radius 1 is 1.53 bits per heavy atom. The Morgan fingerprint density at radius 2 is 2.41 bits per heavy atom. The van der Waals surface area contributed by atoms with Gasteiger partial charge in [-0.1, -0.05) is 6.07 Å². The van der Waals surface area contributed by atoms with Gasteiger partial charge in [-0.3, -0.25) is 4.79 Å². The molecule has 0 aromatic carbocycles. The second-order valence-corrected chi connectivity index (χ2v) is 4.15. The van der Waals surface area contributed by atoms with Crippen molar-refractivity contribution >= 4 is 11.7 Å². The third-order valence-corrected chi connectivity index (χ3v) is 2.77. The van der Waals surface area contributed by atoms with Gasteiger partial charge in [-0.25, -0.2) is 4.98 Å². The number of nitrogens with two attached hydrogens (primary N) is 1. The Hall–Kier alpha value is -1.62. The van der Waals surface area contributed by atoms with Gasteiger partial charge in [0.05, 0.1) is 6.10 Å². The van der Waals surface area contributed by atoms with Gasteiger partial charge in [-0.2, -0.15) is 0 Å². The van der Waals surface area contributed by atoms with E-state index in [0.29, 0.717) is 18.1 Å². The van der Waals surface area contributed by atoms with Gasteiger partial charge in [0.1, 0.15) is 11.5 Å². The van der Waals surface area contributed by atoms with Gasteiger partial charge in [0.2, 0.25) is 0 Å². The van der Waals surface area contributed by atoms with Crippen LogP contribution in [0.1, 0.15) is 29.8 Å². The number of pyridine rings is 1. The number of anilines is 1. The number of hydrogen-bond donors (Lipinski definition) is 2. The van der Waals surface area contributed by atoms with Crippen LogP contribution in [-0.2, 0) is 4.74 Å². The van der Waals surface area contributed by atoms with Crippen LogP contribution in [0.5, 0.6) is 0 Å². The van der Waals surface area contributed by atoms with Crippen molar-refractivity contribution in [3.63, 3.8) is 0 Å². The van der Waals surface area contributed by atoms with Gasteiger partial charge in [-0.05, 0) is 31.4 Å². The molecule has 1 atom stereocenters. The summed E-state index contributed by atoms with van der Waals surface area (Å²) in [5.41, 5.74) is 5.87. The highest BCUT2D eigenvalue weighted by Gasteiger charge is 2.15. The van der Waals surface area contributed by atoms with Crippen LogP contribution in [0.2, 0.25) is 0 Å². The Balaban J connectivity index is 1.84. The van der Waals surface area contributed by atoms with E-state index in [4.69, 9.17) is 10.5 Å².